The number of hydrogen-bond donors (Lipinski definition) is 1. The third kappa shape index (κ3) is 4.37. The van der Waals surface area contributed by atoms with Gasteiger partial charge in [0.05, 0.1) is 12.5 Å². The van der Waals surface area contributed by atoms with E-state index in [1.807, 2.05) is 0 Å². The predicted molar refractivity (Wildman–Crippen MR) is 73.5 cm³/mol. The summed E-state index contributed by atoms with van der Waals surface area (Å²) in [5.41, 5.74) is 0.654. The van der Waals surface area contributed by atoms with E-state index in [2.05, 4.69) is 10.1 Å². The molecule has 0 aromatic heterocycles. The summed E-state index contributed by atoms with van der Waals surface area (Å²) in [6.45, 7) is 3.15. The summed E-state index contributed by atoms with van der Waals surface area (Å²) in [5, 5.41) is 3.11. The molecule has 7 heteroatoms. The van der Waals surface area contributed by atoms with Gasteiger partial charge in [-0.2, -0.15) is 0 Å². The van der Waals surface area contributed by atoms with E-state index >= 15 is 0 Å². The van der Waals surface area contributed by atoms with Crippen LogP contribution in [0.15, 0.2) is 24.3 Å². The third-order valence-corrected chi connectivity index (χ3v) is 3.59. The van der Waals surface area contributed by atoms with Crippen LogP contribution in [0.5, 0.6) is 5.75 Å². The molecule has 0 aliphatic carbocycles. The van der Waals surface area contributed by atoms with Crippen LogP contribution in [0, 0.1) is 5.92 Å². The van der Waals surface area contributed by atoms with Crippen LogP contribution in [0.3, 0.4) is 0 Å². The Morgan fingerprint density at radius 1 is 1.41 bits per heavy atom. The van der Waals surface area contributed by atoms with E-state index in [0.717, 1.165) is 0 Å². The lowest BCUT2D eigenvalue weighted by molar-refractivity contribution is -0.274. The summed E-state index contributed by atoms with van der Waals surface area (Å²) in [5.74, 6) is -1.19. The maximum atomic E-state index is 12.3. The molecular formula is C15H18F3NO3. The van der Waals surface area contributed by atoms with Gasteiger partial charge in [-0.25, -0.2) is 0 Å². The lowest BCUT2D eigenvalue weighted by atomic mass is 9.81. The first-order valence-corrected chi connectivity index (χ1v) is 7.13. The lowest BCUT2D eigenvalue weighted by Gasteiger charge is -2.31. The summed E-state index contributed by atoms with van der Waals surface area (Å²) >= 11 is 0. The number of piperidine rings is 1. The first-order valence-electron chi connectivity index (χ1n) is 7.13. The Bertz CT molecular complexity index is 519. The topological polar surface area (TPSA) is 47.6 Å². The first kappa shape index (κ1) is 16.6. The van der Waals surface area contributed by atoms with Gasteiger partial charge in [-0.1, -0.05) is 12.1 Å². The number of ether oxygens (including phenoxy) is 2. The minimum Gasteiger partial charge on any atom is -0.466 e. The molecule has 1 aliphatic heterocycles. The quantitative estimate of drug-likeness (QED) is 0.868. The van der Waals surface area contributed by atoms with Crippen LogP contribution in [-0.2, 0) is 9.53 Å². The molecule has 1 aliphatic rings. The zero-order chi connectivity index (χ0) is 16.2. The van der Waals surface area contributed by atoms with E-state index in [0.29, 0.717) is 25.1 Å². The van der Waals surface area contributed by atoms with Crippen molar-refractivity contribution >= 4 is 5.97 Å². The normalized spacial score (nSPS) is 22.2. The van der Waals surface area contributed by atoms with Gasteiger partial charge < -0.3 is 14.8 Å². The molecule has 1 saturated heterocycles. The van der Waals surface area contributed by atoms with Gasteiger partial charge in [0.25, 0.3) is 0 Å². The second kappa shape index (κ2) is 7.00. The second-order valence-electron chi connectivity index (χ2n) is 5.08. The fourth-order valence-corrected chi connectivity index (χ4v) is 2.70. The molecule has 0 spiro atoms. The van der Waals surface area contributed by atoms with E-state index in [1.165, 1.54) is 18.2 Å². The second-order valence-corrected chi connectivity index (χ2v) is 5.08. The van der Waals surface area contributed by atoms with Crippen molar-refractivity contribution in [2.45, 2.75) is 25.6 Å². The molecule has 0 saturated carbocycles. The Hall–Kier alpha value is -1.76. The fraction of sp³-hybridized carbons (Fsp3) is 0.533. The summed E-state index contributed by atoms with van der Waals surface area (Å²) in [6, 6.07) is 5.80. The Balaban J connectivity index is 2.20. The van der Waals surface area contributed by atoms with Crippen molar-refractivity contribution in [2.24, 2.45) is 5.92 Å². The van der Waals surface area contributed by atoms with Gasteiger partial charge in [0.2, 0.25) is 0 Å². The maximum absolute atomic E-state index is 12.3. The first-order chi connectivity index (χ1) is 10.4. The number of halogens is 3. The molecular weight excluding hydrogens is 299 g/mol. The highest BCUT2D eigenvalue weighted by molar-refractivity contribution is 5.74. The van der Waals surface area contributed by atoms with Crippen LogP contribution in [-0.4, -0.2) is 32.0 Å². The molecule has 1 fully saturated rings. The average Bonchev–Trinajstić information content (AvgIpc) is 2.46. The highest BCUT2D eigenvalue weighted by Gasteiger charge is 2.34. The highest BCUT2D eigenvalue weighted by atomic mass is 19.4. The average molecular weight is 317 g/mol. The van der Waals surface area contributed by atoms with E-state index in [4.69, 9.17) is 4.74 Å². The molecule has 22 heavy (non-hydrogen) atoms. The number of alkyl halides is 3. The highest BCUT2D eigenvalue weighted by Crippen LogP contribution is 2.34. The van der Waals surface area contributed by atoms with Gasteiger partial charge in [-0.05, 0) is 43.5 Å². The number of benzene rings is 1. The monoisotopic (exact) mass is 317 g/mol. The standard InChI is InChI=1S/C15H18F3NO3/c1-2-21-14(20)13-9-19-7-6-12(13)10-4-3-5-11(8-10)22-15(16,17)18/h3-5,8,12-13,19H,2,6-7,9H2,1H3/t12-,13-/m0/s1. The molecule has 2 rings (SSSR count). The van der Waals surface area contributed by atoms with Crippen LogP contribution < -0.4 is 10.1 Å². The maximum Gasteiger partial charge on any atom is 0.573 e. The molecule has 1 aromatic rings. The predicted octanol–water partition coefficient (Wildman–Crippen LogP) is 2.84. The minimum absolute atomic E-state index is 0.183. The third-order valence-electron chi connectivity index (χ3n) is 3.59. The van der Waals surface area contributed by atoms with Crippen LogP contribution in [0.1, 0.15) is 24.8 Å². The number of esters is 1. The van der Waals surface area contributed by atoms with Crippen molar-refractivity contribution < 1.29 is 27.4 Å². The van der Waals surface area contributed by atoms with Gasteiger partial charge in [0.1, 0.15) is 5.75 Å². The number of hydrogen-bond acceptors (Lipinski definition) is 4. The van der Waals surface area contributed by atoms with Crippen LogP contribution in [0.25, 0.3) is 0 Å². The number of carbonyl (C=O) groups is 1. The Labute approximate surface area is 126 Å². The van der Waals surface area contributed by atoms with Gasteiger partial charge in [-0.3, -0.25) is 4.79 Å². The summed E-state index contributed by atoms with van der Waals surface area (Å²) < 4.78 is 45.9. The van der Waals surface area contributed by atoms with Crippen molar-refractivity contribution in [1.29, 1.82) is 0 Å². The van der Waals surface area contributed by atoms with Gasteiger partial charge >= 0.3 is 12.3 Å². The van der Waals surface area contributed by atoms with E-state index in [-0.39, 0.29) is 24.2 Å². The molecule has 122 valence electrons. The molecule has 0 amide bonds. The van der Waals surface area contributed by atoms with E-state index in [1.54, 1.807) is 13.0 Å². The number of rotatable bonds is 4. The lowest BCUT2D eigenvalue weighted by Crippen LogP contribution is -2.40. The van der Waals surface area contributed by atoms with Crippen molar-refractivity contribution in [3.63, 3.8) is 0 Å². The zero-order valence-corrected chi connectivity index (χ0v) is 12.2. The van der Waals surface area contributed by atoms with Gasteiger partial charge in [-0.15, -0.1) is 13.2 Å². The summed E-state index contributed by atoms with van der Waals surface area (Å²) in [7, 11) is 0. The molecule has 2 atom stereocenters. The number of carbonyl (C=O) groups excluding carboxylic acids is 1. The smallest absolute Gasteiger partial charge is 0.466 e. The molecule has 0 radical (unpaired) electrons. The van der Waals surface area contributed by atoms with Gasteiger partial charge in [0, 0.05) is 6.54 Å². The minimum atomic E-state index is -4.73. The molecule has 0 unspecified atom stereocenters. The SMILES string of the molecule is CCOC(=O)[C@H]1CNCC[C@H]1c1cccc(OC(F)(F)F)c1. The van der Waals surface area contributed by atoms with Crippen molar-refractivity contribution in [2.75, 3.05) is 19.7 Å². The number of nitrogens with one attached hydrogen (secondary N) is 1. The van der Waals surface area contributed by atoms with Crippen molar-refractivity contribution in [3.8, 4) is 5.75 Å². The Morgan fingerprint density at radius 2 is 2.18 bits per heavy atom. The van der Waals surface area contributed by atoms with Gasteiger partial charge in [0.15, 0.2) is 0 Å². The fourth-order valence-electron chi connectivity index (χ4n) is 2.70. The summed E-state index contributed by atoms with van der Waals surface area (Å²) in [4.78, 5) is 12.0. The molecule has 4 nitrogen and oxygen atoms in total. The zero-order valence-electron chi connectivity index (χ0n) is 12.2. The Morgan fingerprint density at radius 3 is 2.86 bits per heavy atom. The van der Waals surface area contributed by atoms with Crippen LogP contribution in [0.4, 0.5) is 13.2 Å². The Kier molecular flexibility index (Phi) is 5.28. The van der Waals surface area contributed by atoms with E-state index < -0.39 is 12.3 Å². The largest absolute Gasteiger partial charge is 0.573 e. The molecule has 1 heterocycles. The van der Waals surface area contributed by atoms with Crippen molar-refractivity contribution in [1.82, 2.24) is 5.32 Å². The molecule has 1 aromatic carbocycles. The molecule has 1 N–H and O–H groups in total. The molecule has 0 bridgehead atoms. The van der Waals surface area contributed by atoms with E-state index in [9.17, 15) is 18.0 Å². The van der Waals surface area contributed by atoms with Crippen molar-refractivity contribution in [3.05, 3.63) is 29.8 Å². The summed E-state index contributed by atoms with van der Waals surface area (Å²) in [6.07, 6.45) is -4.08. The van der Waals surface area contributed by atoms with Crippen LogP contribution >= 0.6 is 0 Å². The van der Waals surface area contributed by atoms with Crippen LogP contribution in [0.2, 0.25) is 0 Å².